The first-order valence-corrected chi connectivity index (χ1v) is 6.26. The van der Waals surface area contributed by atoms with Crippen LogP contribution in [0.4, 0.5) is 19.0 Å². The predicted molar refractivity (Wildman–Crippen MR) is 70.7 cm³/mol. The normalized spacial score (nSPS) is 11.8. The maximum Gasteiger partial charge on any atom is 0.405 e. The molecule has 2 rings (SSSR count). The van der Waals surface area contributed by atoms with Crippen molar-refractivity contribution in [3.63, 3.8) is 0 Å². The number of hydrogen-bond acceptors (Lipinski definition) is 2. The molecule has 0 saturated carbocycles. The van der Waals surface area contributed by atoms with Crippen molar-refractivity contribution >= 4 is 28.2 Å². The lowest BCUT2D eigenvalue weighted by Crippen LogP contribution is -2.36. The first-order chi connectivity index (χ1) is 9.01. The molecule has 0 spiro atoms. The fourth-order valence-electron chi connectivity index (χ4n) is 1.93. The smallest absolute Gasteiger partial charge is 0.346 e. The van der Waals surface area contributed by atoms with E-state index in [1.165, 1.54) is 6.20 Å². The van der Waals surface area contributed by atoms with Gasteiger partial charge in [0, 0.05) is 24.0 Å². The highest BCUT2D eigenvalue weighted by Crippen LogP contribution is 2.27. The van der Waals surface area contributed by atoms with Crippen molar-refractivity contribution in [2.24, 2.45) is 0 Å². The van der Waals surface area contributed by atoms with Crippen LogP contribution in [-0.2, 0) is 0 Å². The summed E-state index contributed by atoms with van der Waals surface area (Å²) in [5, 5.41) is 1.55. The van der Waals surface area contributed by atoms with E-state index in [0.717, 1.165) is 10.3 Å². The minimum atomic E-state index is -4.29. The maximum atomic E-state index is 12.6. The largest absolute Gasteiger partial charge is 0.405 e. The van der Waals surface area contributed by atoms with E-state index in [1.54, 1.807) is 18.2 Å². The van der Waals surface area contributed by atoms with Gasteiger partial charge < -0.3 is 4.90 Å². The standard InChI is InChI=1S/C13H12ClF3N2/c14-6-8-19(9-13(15,16)17)12-11-4-2-1-3-10(11)5-7-18-12/h1-5,7H,6,8-9H2. The van der Waals surface area contributed by atoms with Crippen molar-refractivity contribution in [2.45, 2.75) is 6.18 Å². The van der Waals surface area contributed by atoms with Gasteiger partial charge in [0.2, 0.25) is 0 Å². The Morgan fingerprint density at radius 3 is 2.58 bits per heavy atom. The van der Waals surface area contributed by atoms with E-state index < -0.39 is 12.7 Å². The third-order valence-corrected chi connectivity index (χ3v) is 2.85. The number of alkyl halides is 4. The molecule has 0 aliphatic carbocycles. The number of benzene rings is 1. The highest BCUT2D eigenvalue weighted by atomic mass is 35.5. The van der Waals surface area contributed by atoms with Crippen molar-refractivity contribution in [3.8, 4) is 0 Å². The van der Waals surface area contributed by atoms with Gasteiger partial charge in [-0.25, -0.2) is 4.98 Å². The van der Waals surface area contributed by atoms with Crippen LogP contribution in [0.25, 0.3) is 10.8 Å². The Bertz CT molecular complexity index is 552. The summed E-state index contributed by atoms with van der Waals surface area (Å²) in [6, 6.07) is 8.98. The van der Waals surface area contributed by atoms with E-state index in [2.05, 4.69) is 4.98 Å². The number of pyridine rings is 1. The van der Waals surface area contributed by atoms with Gasteiger partial charge >= 0.3 is 6.18 Å². The van der Waals surface area contributed by atoms with Gasteiger partial charge in [-0.05, 0) is 11.5 Å². The fourth-order valence-corrected chi connectivity index (χ4v) is 2.14. The van der Waals surface area contributed by atoms with E-state index >= 15 is 0 Å². The molecule has 19 heavy (non-hydrogen) atoms. The van der Waals surface area contributed by atoms with Crippen LogP contribution >= 0.6 is 11.6 Å². The Morgan fingerprint density at radius 2 is 1.89 bits per heavy atom. The second-order valence-corrected chi connectivity index (χ2v) is 4.46. The van der Waals surface area contributed by atoms with Gasteiger partial charge in [0.05, 0.1) is 0 Å². The zero-order valence-corrected chi connectivity index (χ0v) is 10.7. The summed E-state index contributed by atoms with van der Waals surface area (Å²) in [4.78, 5) is 5.24. The lowest BCUT2D eigenvalue weighted by Gasteiger charge is -2.25. The van der Waals surface area contributed by atoms with Crippen molar-refractivity contribution < 1.29 is 13.2 Å². The highest BCUT2D eigenvalue weighted by Gasteiger charge is 2.31. The van der Waals surface area contributed by atoms with E-state index in [9.17, 15) is 13.2 Å². The summed E-state index contributed by atoms with van der Waals surface area (Å²) in [7, 11) is 0. The van der Waals surface area contributed by atoms with Gasteiger partial charge in [-0.15, -0.1) is 11.6 Å². The molecule has 0 bridgehead atoms. The fraction of sp³-hybridized carbons (Fsp3) is 0.308. The van der Waals surface area contributed by atoms with Crippen LogP contribution in [0.2, 0.25) is 0 Å². The number of nitrogens with zero attached hydrogens (tertiary/aromatic N) is 2. The molecular formula is C13H12ClF3N2. The molecule has 1 heterocycles. The predicted octanol–water partition coefficient (Wildman–Crippen LogP) is 3.84. The molecule has 0 aliphatic heterocycles. The number of hydrogen-bond donors (Lipinski definition) is 0. The number of aromatic nitrogens is 1. The molecule has 1 aromatic carbocycles. The molecule has 0 unspecified atom stereocenters. The van der Waals surface area contributed by atoms with Crippen LogP contribution < -0.4 is 4.90 Å². The topological polar surface area (TPSA) is 16.1 Å². The second kappa shape index (κ2) is 5.65. The Hall–Kier alpha value is -1.49. The van der Waals surface area contributed by atoms with Gasteiger partial charge in [-0.1, -0.05) is 24.3 Å². The molecule has 0 fully saturated rings. The number of rotatable bonds is 4. The van der Waals surface area contributed by atoms with Crippen LogP contribution in [0, 0.1) is 0 Å². The molecule has 1 aromatic heterocycles. The van der Waals surface area contributed by atoms with Gasteiger partial charge in [-0.2, -0.15) is 13.2 Å². The molecule has 0 N–H and O–H groups in total. The second-order valence-electron chi connectivity index (χ2n) is 4.08. The molecule has 0 radical (unpaired) electrons. The Morgan fingerprint density at radius 1 is 1.16 bits per heavy atom. The van der Waals surface area contributed by atoms with Crippen molar-refractivity contribution in [1.82, 2.24) is 4.98 Å². The van der Waals surface area contributed by atoms with E-state index in [0.29, 0.717) is 11.2 Å². The Balaban J connectivity index is 2.44. The first-order valence-electron chi connectivity index (χ1n) is 5.72. The van der Waals surface area contributed by atoms with E-state index in [4.69, 9.17) is 11.6 Å². The van der Waals surface area contributed by atoms with Crippen LogP contribution in [-0.4, -0.2) is 30.1 Å². The molecule has 102 valence electrons. The average molecular weight is 289 g/mol. The van der Waals surface area contributed by atoms with Gasteiger partial charge in [-0.3, -0.25) is 0 Å². The van der Waals surface area contributed by atoms with Crippen molar-refractivity contribution in [1.29, 1.82) is 0 Å². The van der Waals surface area contributed by atoms with Crippen LogP contribution in [0.15, 0.2) is 36.5 Å². The van der Waals surface area contributed by atoms with Gasteiger partial charge in [0.15, 0.2) is 0 Å². The molecule has 2 aromatic rings. The Labute approximate surface area is 113 Å². The van der Waals surface area contributed by atoms with Gasteiger partial charge in [0.25, 0.3) is 0 Å². The van der Waals surface area contributed by atoms with E-state index in [-0.39, 0.29) is 12.4 Å². The molecule has 0 amide bonds. The quantitative estimate of drug-likeness (QED) is 0.795. The maximum absolute atomic E-state index is 12.6. The summed E-state index contributed by atoms with van der Waals surface area (Å²) in [6.45, 7) is -0.956. The summed E-state index contributed by atoms with van der Waals surface area (Å²) >= 11 is 5.59. The Kier molecular flexibility index (Phi) is 4.14. The molecule has 2 nitrogen and oxygen atoms in total. The number of anilines is 1. The summed E-state index contributed by atoms with van der Waals surface area (Å²) in [6.07, 6.45) is -2.78. The lowest BCUT2D eigenvalue weighted by molar-refractivity contribution is -0.119. The van der Waals surface area contributed by atoms with Crippen LogP contribution in [0.1, 0.15) is 0 Å². The SMILES string of the molecule is FC(F)(F)CN(CCCl)c1nccc2ccccc12. The molecule has 0 saturated heterocycles. The minimum Gasteiger partial charge on any atom is -0.346 e. The van der Waals surface area contributed by atoms with Gasteiger partial charge in [0.1, 0.15) is 12.4 Å². The summed E-state index contributed by atoms with van der Waals surface area (Å²) in [5.74, 6) is 0.428. The summed E-state index contributed by atoms with van der Waals surface area (Å²) in [5.41, 5.74) is 0. The van der Waals surface area contributed by atoms with E-state index in [1.807, 2.05) is 12.1 Å². The molecule has 0 aliphatic rings. The minimum absolute atomic E-state index is 0.0993. The zero-order chi connectivity index (χ0) is 13.9. The lowest BCUT2D eigenvalue weighted by atomic mass is 10.1. The highest BCUT2D eigenvalue weighted by molar-refractivity contribution is 6.18. The average Bonchev–Trinajstić information content (AvgIpc) is 2.36. The number of fused-ring (bicyclic) bond motifs is 1. The van der Waals surface area contributed by atoms with Crippen LogP contribution in [0.3, 0.4) is 0 Å². The monoisotopic (exact) mass is 288 g/mol. The number of halogens is 4. The third kappa shape index (κ3) is 3.50. The molecular weight excluding hydrogens is 277 g/mol. The molecule has 0 atom stereocenters. The summed E-state index contributed by atoms with van der Waals surface area (Å²) < 4.78 is 37.8. The molecule has 6 heteroatoms. The van der Waals surface area contributed by atoms with Crippen molar-refractivity contribution in [3.05, 3.63) is 36.5 Å². The first kappa shape index (κ1) is 13.9. The van der Waals surface area contributed by atoms with Crippen LogP contribution in [0.5, 0.6) is 0 Å². The van der Waals surface area contributed by atoms with Crippen molar-refractivity contribution in [2.75, 3.05) is 23.9 Å². The zero-order valence-electron chi connectivity index (χ0n) is 9.99. The third-order valence-electron chi connectivity index (χ3n) is 2.68.